The van der Waals surface area contributed by atoms with Crippen LogP contribution in [0.2, 0.25) is 5.02 Å². The average molecular weight is 513 g/mol. The number of benzene rings is 2. The molecule has 0 radical (unpaired) electrons. The van der Waals surface area contributed by atoms with Crippen LogP contribution < -0.4 is 14.9 Å². The van der Waals surface area contributed by atoms with Crippen molar-refractivity contribution in [3.05, 3.63) is 56.3 Å². The molecule has 0 spiro atoms. The molecule has 0 unspecified atom stereocenters. The number of methoxy groups -OCH3 is 1. The van der Waals surface area contributed by atoms with Crippen LogP contribution in [0.3, 0.4) is 0 Å². The maximum absolute atomic E-state index is 12.3. The van der Waals surface area contributed by atoms with E-state index in [4.69, 9.17) is 25.5 Å². The Bertz CT molecular complexity index is 1050. The van der Waals surface area contributed by atoms with Crippen LogP contribution in [0.25, 0.3) is 11.0 Å². The summed E-state index contributed by atoms with van der Waals surface area (Å²) in [6, 6.07) is 10.4. The molecule has 0 aliphatic rings. The normalized spacial score (nSPS) is 11.4. The van der Waals surface area contributed by atoms with Gasteiger partial charge in [0.05, 0.1) is 23.0 Å². The summed E-state index contributed by atoms with van der Waals surface area (Å²) < 4.78 is 17.6. The summed E-state index contributed by atoms with van der Waals surface area (Å²) in [7, 11) is 1.58. The first kappa shape index (κ1) is 20.5. The van der Waals surface area contributed by atoms with Crippen LogP contribution in [0.15, 0.2) is 45.9 Å². The second kappa shape index (κ2) is 8.83. The zero-order valence-electron chi connectivity index (χ0n) is 15.5. The number of nitrogens with zero attached hydrogens (tertiary/aromatic N) is 1. The van der Waals surface area contributed by atoms with E-state index in [1.54, 1.807) is 37.4 Å². The molecule has 28 heavy (non-hydrogen) atoms. The van der Waals surface area contributed by atoms with Crippen LogP contribution in [0.5, 0.6) is 11.5 Å². The molecule has 0 atom stereocenters. The second-order valence-corrected chi connectivity index (χ2v) is 7.79. The largest absolute Gasteiger partial charge is 0.493 e. The number of fused-ring (bicyclic) bond motifs is 1. The molecule has 1 aromatic heterocycles. The molecule has 0 saturated heterocycles. The molecule has 6 nitrogen and oxygen atoms in total. The van der Waals surface area contributed by atoms with Gasteiger partial charge in [-0.15, -0.1) is 0 Å². The van der Waals surface area contributed by atoms with Crippen LogP contribution in [0.1, 0.15) is 30.0 Å². The zero-order valence-corrected chi connectivity index (χ0v) is 18.4. The van der Waals surface area contributed by atoms with Crippen molar-refractivity contribution in [2.75, 3.05) is 7.11 Å². The van der Waals surface area contributed by atoms with E-state index >= 15 is 0 Å². The summed E-state index contributed by atoms with van der Waals surface area (Å²) in [6.07, 6.45) is 1.56. The summed E-state index contributed by atoms with van der Waals surface area (Å²) in [5, 5.41) is 5.33. The fourth-order valence-corrected chi connectivity index (χ4v) is 3.44. The number of hydrogen-bond acceptors (Lipinski definition) is 5. The first-order chi connectivity index (χ1) is 13.4. The van der Waals surface area contributed by atoms with Gasteiger partial charge in [-0.3, -0.25) is 4.79 Å². The molecule has 1 N–H and O–H groups in total. The maximum atomic E-state index is 12.3. The predicted octanol–water partition coefficient (Wildman–Crippen LogP) is 5.25. The van der Waals surface area contributed by atoms with Gasteiger partial charge in [0, 0.05) is 10.4 Å². The fourth-order valence-electron chi connectivity index (χ4n) is 2.51. The molecule has 0 saturated carbocycles. The highest BCUT2D eigenvalue weighted by Gasteiger charge is 2.14. The fraction of sp³-hybridized carbons (Fsp3) is 0.200. The standard InChI is InChI=1S/C20H18ClIN2O4/c1-11(2)27-19-15(22)6-12(7-17(19)26-3)10-23-24-20(25)18-9-13-8-14(21)4-5-16(13)28-18/h4-11H,1-3H3,(H,24,25)/b23-10+. The summed E-state index contributed by atoms with van der Waals surface area (Å²) in [6.45, 7) is 3.90. The number of halogens is 2. The molecule has 2 aromatic carbocycles. The van der Waals surface area contributed by atoms with E-state index in [1.165, 1.54) is 6.21 Å². The first-order valence-corrected chi connectivity index (χ1v) is 9.89. The van der Waals surface area contributed by atoms with E-state index < -0.39 is 5.91 Å². The van der Waals surface area contributed by atoms with Gasteiger partial charge in [-0.2, -0.15) is 5.10 Å². The third-order valence-electron chi connectivity index (χ3n) is 3.69. The summed E-state index contributed by atoms with van der Waals surface area (Å²) >= 11 is 8.12. The lowest BCUT2D eigenvalue weighted by Gasteiger charge is -2.15. The quantitative estimate of drug-likeness (QED) is 0.278. The Hall–Kier alpha value is -2.26. The number of nitrogens with one attached hydrogen (secondary N) is 1. The van der Waals surface area contributed by atoms with Crippen molar-refractivity contribution in [1.82, 2.24) is 5.43 Å². The molecule has 1 amide bonds. The molecule has 3 rings (SSSR count). The number of rotatable bonds is 6. The number of hydrogen-bond donors (Lipinski definition) is 1. The third kappa shape index (κ3) is 4.77. The lowest BCUT2D eigenvalue weighted by atomic mass is 10.2. The Morgan fingerprint density at radius 2 is 2.07 bits per heavy atom. The zero-order chi connectivity index (χ0) is 20.3. The number of carbonyl (C=O) groups excluding carboxylic acids is 1. The highest BCUT2D eigenvalue weighted by molar-refractivity contribution is 14.1. The minimum Gasteiger partial charge on any atom is -0.493 e. The monoisotopic (exact) mass is 512 g/mol. The lowest BCUT2D eigenvalue weighted by Crippen LogP contribution is -2.16. The molecule has 0 aliphatic carbocycles. The van der Waals surface area contributed by atoms with E-state index in [-0.39, 0.29) is 11.9 Å². The second-order valence-electron chi connectivity index (χ2n) is 6.19. The van der Waals surface area contributed by atoms with Crippen molar-refractivity contribution in [3.63, 3.8) is 0 Å². The molecule has 1 heterocycles. The van der Waals surface area contributed by atoms with Crippen molar-refractivity contribution in [1.29, 1.82) is 0 Å². The first-order valence-electron chi connectivity index (χ1n) is 8.44. The summed E-state index contributed by atoms with van der Waals surface area (Å²) in [5.74, 6) is 0.981. The van der Waals surface area contributed by atoms with Gasteiger partial charge >= 0.3 is 5.91 Å². The molecular weight excluding hydrogens is 495 g/mol. The van der Waals surface area contributed by atoms with Crippen molar-refractivity contribution in [2.45, 2.75) is 20.0 Å². The van der Waals surface area contributed by atoms with E-state index in [2.05, 4.69) is 33.1 Å². The molecule has 0 fully saturated rings. The average Bonchev–Trinajstić information content (AvgIpc) is 3.06. The number of furan rings is 1. The Balaban J connectivity index is 1.74. The third-order valence-corrected chi connectivity index (χ3v) is 4.72. The molecule has 8 heteroatoms. The van der Waals surface area contributed by atoms with Crippen LogP contribution >= 0.6 is 34.2 Å². The van der Waals surface area contributed by atoms with Gasteiger partial charge in [0.15, 0.2) is 17.3 Å². The van der Waals surface area contributed by atoms with Crippen molar-refractivity contribution < 1.29 is 18.7 Å². The highest BCUT2D eigenvalue weighted by atomic mass is 127. The molecule has 0 aliphatic heterocycles. The molecular formula is C20H18ClIN2O4. The van der Waals surface area contributed by atoms with E-state index in [0.717, 1.165) is 14.5 Å². The van der Waals surface area contributed by atoms with Crippen LogP contribution in [-0.4, -0.2) is 25.3 Å². The Morgan fingerprint density at radius 1 is 1.29 bits per heavy atom. The van der Waals surface area contributed by atoms with Crippen LogP contribution in [-0.2, 0) is 0 Å². The predicted molar refractivity (Wildman–Crippen MR) is 118 cm³/mol. The number of hydrazone groups is 1. The summed E-state index contributed by atoms with van der Waals surface area (Å²) in [5.41, 5.74) is 3.80. The molecule has 3 aromatic rings. The topological polar surface area (TPSA) is 73.1 Å². The highest BCUT2D eigenvalue weighted by Crippen LogP contribution is 2.34. The molecule has 0 bridgehead atoms. The van der Waals surface area contributed by atoms with Crippen molar-refractivity contribution >= 4 is 57.3 Å². The minimum absolute atomic E-state index is 0.0277. The number of ether oxygens (including phenoxy) is 2. The van der Waals surface area contributed by atoms with E-state index in [9.17, 15) is 4.79 Å². The van der Waals surface area contributed by atoms with Crippen LogP contribution in [0, 0.1) is 3.57 Å². The Labute approximate surface area is 181 Å². The van der Waals surface area contributed by atoms with Gasteiger partial charge in [0.2, 0.25) is 0 Å². The van der Waals surface area contributed by atoms with Gasteiger partial charge in [0.25, 0.3) is 0 Å². The number of carbonyl (C=O) groups is 1. The number of amides is 1. The van der Waals surface area contributed by atoms with Gasteiger partial charge in [-0.05, 0) is 78.4 Å². The maximum Gasteiger partial charge on any atom is 0.307 e. The van der Waals surface area contributed by atoms with Crippen LogP contribution in [0.4, 0.5) is 0 Å². The Kier molecular flexibility index (Phi) is 6.46. The van der Waals surface area contributed by atoms with Crippen molar-refractivity contribution in [2.24, 2.45) is 5.10 Å². The SMILES string of the molecule is COc1cc(/C=N/NC(=O)c2cc3cc(Cl)ccc3o2)cc(I)c1OC(C)C. The van der Waals surface area contributed by atoms with E-state index in [1.807, 2.05) is 19.9 Å². The van der Waals surface area contributed by atoms with E-state index in [0.29, 0.717) is 22.1 Å². The van der Waals surface area contributed by atoms with Gasteiger partial charge in [-0.25, -0.2) is 5.43 Å². The van der Waals surface area contributed by atoms with Gasteiger partial charge in [0.1, 0.15) is 5.58 Å². The van der Waals surface area contributed by atoms with Gasteiger partial charge in [-0.1, -0.05) is 11.6 Å². The minimum atomic E-state index is -0.454. The van der Waals surface area contributed by atoms with Crippen molar-refractivity contribution in [3.8, 4) is 11.5 Å². The Morgan fingerprint density at radius 3 is 2.79 bits per heavy atom. The lowest BCUT2D eigenvalue weighted by molar-refractivity contribution is 0.0929. The smallest absolute Gasteiger partial charge is 0.307 e. The molecule has 146 valence electrons. The summed E-state index contributed by atoms with van der Waals surface area (Å²) in [4.78, 5) is 12.3. The van der Waals surface area contributed by atoms with Gasteiger partial charge < -0.3 is 13.9 Å².